The van der Waals surface area contributed by atoms with Gasteiger partial charge in [-0.25, -0.2) is 22.9 Å². The van der Waals surface area contributed by atoms with Crippen molar-refractivity contribution in [2.24, 2.45) is 5.73 Å². The lowest BCUT2D eigenvalue weighted by atomic mass is 10.0. The Morgan fingerprint density at radius 3 is 2.22 bits per heavy atom. The Labute approximate surface area is 233 Å². The number of nitrogens with two attached hydrogens (primary N) is 1. The molecule has 0 saturated carbocycles. The summed E-state index contributed by atoms with van der Waals surface area (Å²) in [5, 5.41) is 8.75. The van der Waals surface area contributed by atoms with Gasteiger partial charge in [0, 0.05) is 37.2 Å². The number of rotatable bonds is 5. The molecule has 18 heteroatoms. The van der Waals surface area contributed by atoms with Crippen LogP contribution in [0, 0.1) is 17.5 Å². The van der Waals surface area contributed by atoms with E-state index in [2.05, 4.69) is 4.98 Å². The normalized spacial score (nSPS) is 14.3. The summed E-state index contributed by atoms with van der Waals surface area (Å²) >= 11 is 7.27. The molecule has 0 saturated heterocycles. The van der Waals surface area contributed by atoms with Crippen molar-refractivity contribution in [1.29, 1.82) is 0 Å². The van der Waals surface area contributed by atoms with Crippen LogP contribution < -0.4 is 5.73 Å². The standard InChI is InChI=1S/C21H17ClF6N4OS.C2HF3O2/c22-19-12(1-4-34-19)18-16-9-31(2-3-32(16)20(30-18)21(26,27)28)17(33)7-11(29)5-10-6-14(24)15(25)8-13(10)23;3-2(4,5)1(6)7/h1,4,6,8,11H,2-3,5,7,9,29H2;(H,6,7)/t11-;/m1./s1. The van der Waals surface area contributed by atoms with Gasteiger partial charge in [0.25, 0.3) is 0 Å². The number of imidazole rings is 1. The highest BCUT2D eigenvalue weighted by atomic mass is 35.5. The highest BCUT2D eigenvalue weighted by Crippen LogP contribution is 2.39. The highest BCUT2D eigenvalue weighted by Gasteiger charge is 2.41. The zero-order chi connectivity index (χ0) is 30.9. The molecule has 3 N–H and O–H groups in total. The Balaban J connectivity index is 0.000000587. The van der Waals surface area contributed by atoms with Crippen LogP contribution in [0.5, 0.6) is 0 Å². The predicted octanol–water partition coefficient (Wildman–Crippen LogP) is 5.64. The number of carboxylic acids is 1. The van der Waals surface area contributed by atoms with Crippen molar-refractivity contribution >= 4 is 34.8 Å². The van der Waals surface area contributed by atoms with Crippen LogP contribution in [0.1, 0.15) is 23.5 Å². The minimum Gasteiger partial charge on any atom is -0.475 e. The van der Waals surface area contributed by atoms with Gasteiger partial charge in [0.1, 0.15) is 10.2 Å². The van der Waals surface area contributed by atoms with Gasteiger partial charge in [-0.1, -0.05) is 11.6 Å². The fourth-order valence-electron chi connectivity index (χ4n) is 3.90. The lowest BCUT2D eigenvalue weighted by molar-refractivity contribution is -0.192. The number of hydrogen-bond acceptors (Lipinski definition) is 5. The van der Waals surface area contributed by atoms with Crippen molar-refractivity contribution in [1.82, 2.24) is 14.5 Å². The molecule has 0 radical (unpaired) electrons. The Hall–Kier alpha value is -3.31. The minimum atomic E-state index is -5.08. The number of halogens is 10. The van der Waals surface area contributed by atoms with Crippen LogP contribution in [0.3, 0.4) is 0 Å². The number of fused-ring (bicyclic) bond motifs is 1. The average Bonchev–Trinajstić information content (AvgIpc) is 3.44. The van der Waals surface area contributed by atoms with Gasteiger partial charge in [-0.15, -0.1) is 11.3 Å². The molecule has 1 aliphatic rings. The van der Waals surface area contributed by atoms with E-state index in [-0.39, 0.29) is 53.8 Å². The molecule has 224 valence electrons. The van der Waals surface area contributed by atoms with E-state index < -0.39 is 53.5 Å². The van der Waals surface area contributed by atoms with Gasteiger partial charge in [0.15, 0.2) is 11.6 Å². The topological polar surface area (TPSA) is 101 Å². The molecule has 1 aliphatic heterocycles. The number of nitrogens with zero attached hydrogens (tertiary/aromatic N) is 3. The van der Waals surface area contributed by atoms with Crippen molar-refractivity contribution in [3.05, 3.63) is 62.4 Å². The van der Waals surface area contributed by atoms with Crippen LogP contribution in [0.4, 0.5) is 39.5 Å². The molecule has 7 nitrogen and oxygen atoms in total. The average molecular weight is 637 g/mol. The number of hydrogen-bond donors (Lipinski definition) is 2. The summed E-state index contributed by atoms with van der Waals surface area (Å²) in [6.07, 6.45) is -10.3. The second-order valence-corrected chi connectivity index (χ2v) is 10.2. The SMILES string of the molecule is N[C@@H](CC(=O)N1CCn2c(C(F)(F)F)nc(-c3ccsc3Cl)c2C1)Cc1cc(F)c(F)cc1F.O=C(O)C(F)(F)F. The summed E-state index contributed by atoms with van der Waals surface area (Å²) in [6.45, 7) is -0.318. The number of carboxylic acid groups (broad SMARTS) is 1. The number of alkyl halides is 6. The van der Waals surface area contributed by atoms with Crippen LogP contribution >= 0.6 is 22.9 Å². The Kier molecular flexibility index (Phi) is 9.65. The molecule has 2 aromatic heterocycles. The number of carbonyl (C=O) groups excluding carboxylic acids is 1. The summed E-state index contributed by atoms with van der Waals surface area (Å²) in [7, 11) is 0. The summed E-state index contributed by atoms with van der Waals surface area (Å²) in [5.41, 5.74) is 6.33. The lowest BCUT2D eigenvalue weighted by Crippen LogP contribution is -2.42. The zero-order valence-corrected chi connectivity index (χ0v) is 21.9. The molecule has 3 heterocycles. The van der Waals surface area contributed by atoms with Crippen molar-refractivity contribution in [2.75, 3.05) is 6.54 Å². The van der Waals surface area contributed by atoms with E-state index in [0.29, 0.717) is 17.7 Å². The van der Waals surface area contributed by atoms with Crippen LogP contribution in [-0.4, -0.2) is 50.2 Å². The van der Waals surface area contributed by atoms with Crippen LogP contribution in [0.2, 0.25) is 4.34 Å². The molecule has 1 aromatic carbocycles. The third kappa shape index (κ3) is 7.71. The van der Waals surface area contributed by atoms with Gasteiger partial charge in [0.05, 0.1) is 17.9 Å². The Bertz CT molecular complexity index is 1440. The summed E-state index contributed by atoms with van der Waals surface area (Å²) in [4.78, 5) is 26.8. The second-order valence-electron chi connectivity index (χ2n) is 8.63. The molecular weight excluding hydrogens is 619 g/mol. The molecule has 3 aromatic rings. The number of carbonyl (C=O) groups is 2. The van der Waals surface area contributed by atoms with Gasteiger partial charge in [-0.2, -0.15) is 26.3 Å². The Morgan fingerprint density at radius 2 is 1.68 bits per heavy atom. The van der Waals surface area contributed by atoms with Gasteiger partial charge >= 0.3 is 18.3 Å². The first kappa shape index (κ1) is 32.2. The first-order valence-electron chi connectivity index (χ1n) is 11.3. The molecule has 0 bridgehead atoms. The van der Waals surface area contributed by atoms with E-state index in [4.69, 9.17) is 27.2 Å². The molecular formula is C23H18ClF9N4O3S. The monoisotopic (exact) mass is 636 g/mol. The molecule has 4 rings (SSSR count). The van der Waals surface area contributed by atoms with Crippen molar-refractivity contribution in [3.8, 4) is 11.3 Å². The maximum Gasteiger partial charge on any atom is 0.490 e. The molecule has 0 spiro atoms. The lowest BCUT2D eigenvalue weighted by Gasteiger charge is -2.30. The maximum atomic E-state index is 13.9. The van der Waals surface area contributed by atoms with Crippen LogP contribution in [0.15, 0.2) is 23.6 Å². The van der Waals surface area contributed by atoms with Crippen molar-refractivity contribution in [2.45, 2.75) is 44.3 Å². The number of aromatic nitrogens is 2. The fourth-order valence-corrected chi connectivity index (χ4v) is 4.83. The van der Waals surface area contributed by atoms with Gasteiger partial charge in [-0.3, -0.25) is 4.79 Å². The number of benzene rings is 1. The van der Waals surface area contributed by atoms with E-state index in [0.717, 1.165) is 15.9 Å². The molecule has 0 aliphatic carbocycles. The predicted molar refractivity (Wildman–Crippen MR) is 127 cm³/mol. The molecule has 0 unspecified atom stereocenters. The molecule has 0 fully saturated rings. The number of aliphatic carboxylic acids is 1. The number of thiophene rings is 1. The van der Waals surface area contributed by atoms with E-state index in [1.54, 1.807) is 11.4 Å². The molecule has 1 amide bonds. The number of amides is 1. The molecule has 41 heavy (non-hydrogen) atoms. The van der Waals surface area contributed by atoms with Crippen molar-refractivity contribution < 1.29 is 54.2 Å². The summed E-state index contributed by atoms with van der Waals surface area (Å²) in [6, 6.07) is 1.73. The largest absolute Gasteiger partial charge is 0.490 e. The third-order valence-corrected chi connectivity index (χ3v) is 6.91. The smallest absolute Gasteiger partial charge is 0.475 e. The van der Waals surface area contributed by atoms with E-state index in [1.165, 1.54) is 4.90 Å². The molecule has 1 atom stereocenters. The minimum absolute atomic E-state index is 0.0195. The first-order chi connectivity index (χ1) is 18.9. The summed E-state index contributed by atoms with van der Waals surface area (Å²) in [5.74, 6) is -7.86. The maximum absolute atomic E-state index is 13.9. The highest BCUT2D eigenvalue weighted by molar-refractivity contribution is 7.15. The second kappa shape index (κ2) is 12.3. The van der Waals surface area contributed by atoms with E-state index in [9.17, 15) is 44.3 Å². The first-order valence-corrected chi connectivity index (χ1v) is 12.5. The van der Waals surface area contributed by atoms with Crippen LogP contribution in [0.25, 0.3) is 11.3 Å². The van der Waals surface area contributed by atoms with E-state index >= 15 is 0 Å². The van der Waals surface area contributed by atoms with E-state index in [1.807, 2.05) is 0 Å². The van der Waals surface area contributed by atoms with Crippen LogP contribution in [-0.2, 0) is 35.3 Å². The fraction of sp³-hybridized carbons (Fsp3) is 0.348. The van der Waals surface area contributed by atoms with Gasteiger partial charge in [0.2, 0.25) is 11.7 Å². The van der Waals surface area contributed by atoms with Gasteiger partial charge in [-0.05, 0) is 29.5 Å². The zero-order valence-electron chi connectivity index (χ0n) is 20.3. The van der Waals surface area contributed by atoms with Gasteiger partial charge < -0.3 is 20.3 Å². The van der Waals surface area contributed by atoms with Crippen molar-refractivity contribution in [3.63, 3.8) is 0 Å². The summed E-state index contributed by atoms with van der Waals surface area (Å²) < 4.78 is 114. The third-order valence-electron chi connectivity index (χ3n) is 5.74. The Morgan fingerprint density at radius 1 is 1.07 bits per heavy atom. The quantitative estimate of drug-likeness (QED) is 0.279.